The Hall–Kier alpha value is -10.5. The summed E-state index contributed by atoms with van der Waals surface area (Å²) in [6.45, 7) is 0. The van der Waals surface area contributed by atoms with Crippen LogP contribution in [-0.4, -0.2) is 9.13 Å². The van der Waals surface area contributed by atoms with E-state index in [0.717, 1.165) is 34.0 Å². The van der Waals surface area contributed by atoms with E-state index in [-0.39, 0.29) is 0 Å². The summed E-state index contributed by atoms with van der Waals surface area (Å²) in [6.07, 6.45) is 0. The smallest absolute Gasteiger partial charge is 0.0726 e. The van der Waals surface area contributed by atoms with Gasteiger partial charge in [0.2, 0.25) is 0 Å². The number of para-hydroxylation sites is 3. The highest BCUT2D eigenvalue weighted by molar-refractivity contribution is 6.21. The third-order valence-corrected chi connectivity index (χ3v) is 17.5. The van der Waals surface area contributed by atoms with Gasteiger partial charge in [0.1, 0.15) is 0 Å². The van der Waals surface area contributed by atoms with Gasteiger partial charge in [0.05, 0.1) is 27.5 Å². The Labute approximate surface area is 463 Å². The third kappa shape index (κ3) is 6.37. The number of hydrogen-bond acceptors (Lipinski definition) is 1. The topological polar surface area (TPSA) is 13.1 Å². The molecule has 0 N–H and O–H groups in total. The van der Waals surface area contributed by atoms with E-state index in [9.17, 15) is 0 Å². The lowest BCUT2D eigenvalue weighted by molar-refractivity contribution is 0.793. The minimum absolute atomic E-state index is 0.462. The molecule has 0 atom stereocenters. The predicted octanol–water partition coefficient (Wildman–Crippen LogP) is 20.2. The molecular weight excluding hydrogens is 967 g/mol. The average molecular weight is 1020 g/mol. The molecule has 3 nitrogen and oxygen atoms in total. The molecule has 0 radical (unpaired) electrons. The lowest BCUT2D eigenvalue weighted by Gasteiger charge is -2.32. The Morgan fingerprint density at radius 1 is 0.250 bits per heavy atom. The molecular formula is C77H49N3. The van der Waals surface area contributed by atoms with Gasteiger partial charge < -0.3 is 14.0 Å². The molecule has 2 aliphatic rings. The fourth-order valence-corrected chi connectivity index (χ4v) is 14.1. The molecule has 2 heterocycles. The van der Waals surface area contributed by atoms with Gasteiger partial charge in [0.15, 0.2) is 0 Å². The standard InChI is InChI=1S/C77H49N3/c1-2-17-55(18-3-1)79-72-28-14-9-23-65(72)67-48-54(37-46-74(67)79)52-34-40-57(41-35-52)78(59-44-45-64-63-22-8-13-27-70(63)77(71(64)49-59)68-25-11-6-20-61(68)62-21-7-12-26-69(62)77)56-38-30-50(31-39-56)51-32-42-58(43-33-51)80-73-29-15-10-24-66(73)76-60-19-5-4-16-53(60)36-47-75(76)80/h1-49H. The van der Waals surface area contributed by atoms with Crippen molar-refractivity contribution in [2.24, 2.45) is 0 Å². The van der Waals surface area contributed by atoms with Crippen LogP contribution < -0.4 is 4.90 Å². The van der Waals surface area contributed by atoms with E-state index < -0.39 is 5.41 Å². The van der Waals surface area contributed by atoms with Crippen molar-refractivity contribution in [2.45, 2.75) is 5.41 Å². The van der Waals surface area contributed by atoms with Gasteiger partial charge in [-0.05, 0) is 169 Å². The molecule has 0 aliphatic heterocycles. The summed E-state index contributed by atoms with van der Waals surface area (Å²) >= 11 is 0. The van der Waals surface area contributed by atoms with Crippen LogP contribution >= 0.6 is 0 Å². The maximum atomic E-state index is 2.49. The minimum Gasteiger partial charge on any atom is -0.310 e. The highest BCUT2D eigenvalue weighted by Gasteiger charge is 2.51. The van der Waals surface area contributed by atoms with Crippen molar-refractivity contribution < 1.29 is 0 Å². The Morgan fingerprint density at radius 3 is 1.34 bits per heavy atom. The summed E-state index contributed by atoms with van der Waals surface area (Å²) < 4.78 is 4.80. The second-order valence-electron chi connectivity index (χ2n) is 21.5. The number of aromatic nitrogens is 2. The van der Waals surface area contributed by atoms with Crippen LogP contribution in [0.5, 0.6) is 0 Å². The van der Waals surface area contributed by atoms with Gasteiger partial charge in [-0.2, -0.15) is 0 Å². The fraction of sp³-hybridized carbons (Fsp3) is 0.0130. The van der Waals surface area contributed by atoms with Crippen LogP contribution in [0, 0.1) is 0 Å². The maximum absolute atomic E-state index is 2.49. The molecule has 0 saturated heterocycles. The van der Waals surface area contributed by atoms with E-state index >= 15 is 0 Å². The Bertz CT molecular complexity index is 4920. The number of nitrogens with zero attached hydrogens (tertiary/aromatic N) is 3. The number of fused-ring (bicyclic) bond motifs is 18. The van der Waals surface area contributed by atoms with Gasteiger partial charge in [0.25, 0.3) is 0 Å². The molecule has 372 valence electrons. The van der Waals surface area contributed by atoms with Crippen LogP contribution in [0.15, 0.2) is 297 Å². The summed E-state index contributed by atoms with van der Waals surface area (Å²) in [5, 5.41) is 7.59. The first-order valence-corrected chi connectivity index (χ1v) is 27.7. The van der Waals surface area contributed by atoms with E-state index in [2.05, 4.69) is 311 Å². The molecule has 15 aromatic rings. The van der Waals surface area contributed by atoms with E-state index in [1.165, 1.54) is 116 Å². The zero-order chi connectivity index (χ0) is 52.5. The molecule has 0 unspecified atom stereocenters. The van der Waals surface area contributed by atoms with Gasteiger partial charge in [-0.3, -0.25) is 0 Å². The summed E-state index contributed by atoms with van der Waals surface area (Å²) in [4.78, 5) is 2.45. The molecule has 0 amide bonds. The van der Waals surface area contributed by atoms with Crippen LogP contribution in [0.1, 0.15) is 22.3 Å². The number of benzene rings is 13. The van der Waals surface area contributed by atoms with Gasteiger partial charge in [-0.15, -0.1) is 0 Å². The van der Waals surface area contributed by atoms with Gasteiger partial charge in [-0.25, -0.2) is 0 Å². The summed E-state index contributed by atoms with van der Waals surface area (Å²) in [7, 11) is 0. The molecule has 17 rings (SSSR count). The van der Waals surface area contributed by atoms with Crippen LogP contribution in [-0.2, 0) is 5.41 Å². The molecule has 0 bridgehead atoms. The summed E-state index contributed by atoms with van der Waals surface area (Å²) in [6, 6.07) is 110. The molecule has 13 aromatic carbocycles. The number of hydrogen-bond donors (Lipinski definition) is 0. The maximum Gasteiger partial charge on any atom is 0.0726 e. The molecule has 2 aromatic heterocycles. The lowest BCUT2D eigenvalue weighted by atomic mass is 9.70. The zero-order valence-electron chi connectivity index (χ0n) is 43.6. The monoisotopic (exact) mass is 1020 g/mol. The SMILES string of the molecule is c1ccc(-n2c3ccccc3c3cc(-c4ccc(N(c5ccc(-c6ccc(-n7c8ccccc8c8c9ccccc9ccc87)cc6)cc5)c5ccc6c(c5)C5(c7ccccc7-c7ccccc75)c5ccccc5-6)cc4)ccc32)cc1. The highest BCUT2D eigenvalue weighted by Crippen LogP contribution is 2.63. The summed E-state index contributed by atoms with van der Waals surface area (Å²) in [5.41, 5.74) is 25.1. The van der Waals surface area contributed by atoms with Crippen LogP contribution in [0.4, 0.5) is 17.1 Å². The molecule has 2 aliphatic carbocycles. The zero-order valence-corrected chi connectivity index (χ0v) is 43.6. The normalized spacial score (nSPS) is 12.8. The van der Waals surface area contributed by atoms with Crippen LogP contribution in [0.2, 0.25) is 0 Å². The molecule has 1 spiro atoms. The third-order valence-electron chi connectivity index (χ3n) is 17.5. The van der Waals surface area contributed by atoms with E-state index in [1.54, 1.807) is 0 Å². The van der Waals surface area contributed by atoms with E-state index in [4.69, 9.17) is 0 Å². The van der Waals surface area contributed by atoms with Crippen molar-refractivity contribution in [3.63, 3.8) is 0 Å². The largest absolute Gasteiger partial charge is 0.310 e. The van der Waals surface area contributed by atoms with Crippen molar-refractivity contribution in [3.05, 3.63) is 320 Å². The van der Waals surface area contributed by atoms with E-state index in [0.29, 0.717) is 0 Å². The van der Waals surface area contributed by atoms with Crippen molar-refractivity contribution in [3.8, 4) is 55.9 Å². The number of rotatable bonds is 7. The first-order valence-electron chi connectivity index (χ1n) is 27.7. The number of anilines is 3. The quantitative estimate of drug-likeness (QED) is 0.155. The molecule has 0 saturated carbocycles. The van der Waals surface area contributed by atoms with Crippen molar-refractivity contribution in [1.29, 1.82) is 0 Å². The van der Waals surface area contributed by atoms with Crippen molar-refractivity contribution >= 4 is 71.4 Å². The second kappa shape index (κ2) is 17.3. The Kier molecular flexibility index (Phi) is 9.63. The van der Waals surface area contributed by atoms with Crippen LogP contribution in [0.3, 0.4) is 0 Å². The molecule has 80 heavy (non-hydrogen) atoms. The van der Waals surface area contributed by atoms with Crippen molar-refractivity contribution in [1.82, 2.24) is 9.13 Å². The van der Waals surface area contributed by atoms with Gasteiger partial charge in [-0.1, -0.05) is 206 Å². The molecule has 3 heteroatoms. The first kappa shape index (κ1) is 44.6. The summed E-state index contributed by atoms with van der Waals surface area (Å²) in [5.74, 6) is 0. The van der Waals surface area contributed by atoms with Gasteiger partial charge in [0, 0.05) is 50.0 Å². The second-order valence-corrected chi connectivity index (χ2v) is 21.5. The highest BCUT2D eigenvalue weighted by atomic mass is 15.1. The van der Waals surface area contributed by atoms with Crippen LogP contribution in [0.25, 0.3) is 110 Å². The minimum atomic E-state index is -0.462. The predicted molar refractivity (Wildman–Crippen MR) is 334 cm³/mol. The Balaban J connectivity index is 0.789. The fourth-order valence-electron chi connectivity index (χ4n) is 14.1. The van der Waals surface area contributed by atoms with E-state index in [1.807, 2.05) is 0 Å². The average Bonchev–Trinajstić information content (AvgIpc) is 4.22. The molecule has 0 fully saturated rings. The van der Waals surface area contributed by atoms with Gasteiger partial charge >= 0.3 is 0 Å². The van der Waals surface area contributed by atoms with Crippen molar-refractivity contribution in [2.75, 3.05) is 4.90 Å². The Morgan fingerprint density at radius 2 is 0.688 bits per heavy atom. The first-order chi connectivity index (χ1) is 39.7. The lowest BCUT2D eigenvalue weighted by Crippen LogP contribution is -2.26.